The number of carbonyl (C=O) groups excluding carboxylic acids is 1. The average molecular weight is 506 g/mol. The van der Waals surface area contributed by atoms with Crippen LogP contribution in [0.3, 0.4) is 0 Å². The van der Waals surface area contributed by atoms with Crippen LogP contribution in [0.5, 0.6) is 0 Å². The van der Waals surface area contributed by atoms with Crippen LogP contribution in [0.2, 0.25) is 6.04 Å². The molecule has 0 aromatic heterocycles. The van der Waals surface area contributed by atoms with Crippen molar-refractivity contribution < 1.29 is 38.4 Å². The highest BCUT2D eigenvalue weighted by Crippen LogP contribution is 2.11. The maximum Gasteiger partial charge on any atom is 0.338 e. The Morgan fingerprint density at radius 2 is 1.35 bits per heavy atom. The van der Waals surface area contributed by atoms with Crippen molar-refractivity contribution >= 4 is 22.2 Å². The number of unbranched alkanes of at least 4 members (excludes halogenated alkanes) is 2. The Hall–Kier alpha value is -1.52. The van der Waals surface area contributed by atoms with Crippen LogP contribution in [-0.2, 0) is 33.3 Å². The van der Waals surface area contributed by atoms with E-state index in [4.69, 9.17) is 28.8 Å². The van der Waals surface area contributed by atoms with Crippen molar-refractivity contribution in [2.75, 3.05) is 19.8 Å². The minimum Gasteiger partial charge on any atom is -0.478 e. The molecule has 0 saturated carbocycles. The largest absolute Gasteiger partial charge is 0.478 e. The molecule has 0 spiro atoms. The molecular formula is C25H49O8Si. The van der Waals surface area contributed by atoms with Gasteiger partial charge >= 0.3 is 11.9 Å². The molecular weight excluding hydrogens is 456 g/mol. The van der Waals surface area contributed by atoms with Crippen LogP contribution in [0, 0.1) is 6.79 Å². The maximum absolute atomic E-state index is 11.9. The number of hydrogen-bond donors (Lipinski definition) is 1. The van der Waals surface area contributed by atoms with Gasteiger partial charge in [0.25, 0.3) is 0 Å². The van der Waals surface area contributed by atoms with Crippen LogP contribution in [-0.4, -0.2) is 65.6 Å². The van der Waals surface area contributed by atoms with Gasteiger partial charge in [0.2, 0.25) is 6.79 Å². The third-order valence-corrected chi connectivity index (χ3v) is 4.35. The van der Waals surface area contributed by atoms with Crippen LogP contribution in [0.4, 0.5) is 0 Å². The molecule has 0 bridgehead atoms. The van der Waals surface area contributed by atoms with Gasteiger partial charge in [0, 0.05) is 16.3 Å². The van der Waals surface area contributed by atoms with Gasteiger partial charge in [0.05, 0.1) is 37.6 Å². The van der Waals surface area contributed by atoms with Gasteiger partial charge in [-0.05, 0) is 47.0 Å². The van der Waals surface area contributed by atoms with E-state index in [0.717, 1.165) is 54.5 Å². The Morgan fingerprint density at radius 1 is 0.912 bits per heavy atom. The zero-order valence-electron chi connectivity index (χ0n) is 22.5. The molecule has 9 heteroatoms. The minimum atomic E-state index is -0.981. The molecule has 8 nitrogen and oxygen atoms in total. The molecule has 1 radical (unpaired) electrons. The second kappa shape index (κ2) is 27.7. The standard InChI is InChI=1S/C15H30O4Si.C7H15O2.C3H4O2/c1-4-6-9-18-15(19-10-7-5-2)13(3)14(16)17-11-8-12-20;1-6(2)8-5-9-7(3)4;1-2-3(4)5/h15H,3-12H2,1-2,20H3;5-7H,1-4H3;2H,1H2,(H,4,5). The first kappa shape index (κ1) is 37.0. The molecule has 0 saturated heterocycles. The van der Waals surface area contributed by atoms with Gasteiger partial charge in [-0.15, -0.1) is 0 Å². The fraction of sp³-hybridized carbons (Fsp3) is 0.720. The van der Waals surface area contributed by atoms with Gasteiger partial charge < -0.3 is 28.8 Å². The molecule has 201 valence electrons. The first-order valence-corrected chi connectivity index (χ1v) is 13.6. The molecule has 0 fully saturated rings. The van der Waals surface area contributed by atoms with Crippen molar-refractivity contribution in [3.8, 4) is 0 Å². The van der Waals surface area contributed by atoms with Gasteiger partial charge in [-0.25, -0.2) is 9.59 Å². The summed E-state index contributed by atoms with van der Waals surface area (Å²) < 4.78 is 26.4. The maximum atomic E-state index is 11.9. The van der Waals surface area contributed by atoms with E-state index in [1.165, 1.54) is 6.79 Å². The molecule has 0 atom stereocenters. The van der Waals surface area contributed by atoms with E-state index in [1.807, 2.05) is 27.7 Å². The van der Waals surface area contributed by atoms with Crippen LogP contribution < -0.4 is 0 Å². The molecule has 0 aliphatic rings. The number of rotatable bonds is 18. The normalized spacial score (nSPS) is 10.4. The summed E-state index contributed by atoms with van der Waals surface area (Å²) in [6.07, 6.45) is 5.47. The third kappa shape index (κ3) is 30.5. The predicted molar refractivity (Wildman–Crippen MR) is 140 cm³/mol. The highest BCUT2D eigenvalue weighted by atomic mass is 28.1. The fourth-order valence-corrected chi connectivity index (χ4v) is 1.96. The van der Waals surface area contributed by atoms with Gasteiger partial charge in [-0.3, -0.25) is 0 Å². The Kier molecular flexibility index (Phi) is 30.2. The van der Waals surface area contributed by atoms with Crippen molar-refractivity contribution in [2.45, 2.75) is 98.2 Å². The number of ether oxygens (including phenoxy) is 5. The molecule has 1 N–H and O–H groups in total. The van der Waals surface area contributed by atoms with Crippen LogP contribution in [0.25, 0.3) is 0 Å². The monoisotopic (exact) mass is 505 g/mol. The van der Waals surface area contributed by atoms with E-state index in [9.17, 15) is 9.59 Å². The van der Waals surface area contributed by atoms with E-state index in [0.29, 0.717) is 19.8 Å². The van der Waals surface area contributed by atoms with Crippen LogP contribution in [0.15, 0.2) is 24.8 Å². The molecule has 0 aromatic rings. The van der Waals surface area contributed by atoms with Crippen LogP contribution in [0.1, 0.15) is 73.6 Å². The zero-order chi connectivity index (χ0) is 26.8. The molecule has 34 heavy (non-hydrogen) atoms. The second-order valence-corrected chi connectivity index (χ2v) is 8.80. The summed E-state index contributed by atoms with van der Waals surface area (Å²) in [6, 6.07) is 1.13. The average Bonchev–Trinajstić information content (AvgIpc) is 2.78. The van der Waals surface area contributed by atoms with Crippen molar-refractivity contribution in [1.82, 2.24) is 0 Å². The van der Waals surface area contributed by atoms with Crippen molar-refractivity contribution in [1.29, 1.82) is 0 Å². The molecule has 0 rings (SSSR count). The third-order valence-electron chi connectivity index (χ3n) is 3.64. The lowest BCUT2D eigenvalue weighted by molar-refractivity contribution is -0.152. The van der Waals surface area contributed by atoms with E-state index >= 15 is 0 Å². The molecule has 0 unspecified atom stereocenters. The zero-order valence-corrected chi connectivity index (χ0v) is 24.5. The predicted octanol–water partition coefficient (Wildman–Crippen LogP) is 4.43. The van der Waals surface area contributed by atoms with E-state index in [1.54, 1.807) is 0 Å². The Bertz CT molecular complexity index is 491. The summed E-state index contributed by atoms with van der Waals surface area (Å²) >= 11 is 0. The summed E-state index contributed by atoms with van der Waals surface area (Å²) in [5.74, 6) is -1.39. The topological polar surface area (TPSA) is 101 Å². The van der Waals surface area contributed by atoms with Gasteiger partial charge in [0.1, 0.15) is 0 Å². The van der Waals surface area contributed by atoms with Crippen molar-refractivity contribution in [2.24, 2.45) is 0 Å². The van der Waals surface area contributed by atoms with E-state index < -0.39 is 18.2 Å². The lowest BCUT2D eigenvalue weighted by Gasteiger charge is -2.19. The fourth-order valence-electron chi connectivity index (χ4n) is 1.67. The Morgan fingerprint density at radius 3 is 1.68 bits per heavy atom. The lowest BCUT2D eigenvalue weighted by Crippen LogP contribution is -2.26. The molecule has 0 aliphatic heterocycles. The quantitative estimate of drug-likeness (QED) is 0.0960. The summed E-state index contributed by atoms with van der Waals surface area (Å²) in [5.41, 5.74) is 0.269. The SMILES string of the molecule is C=C(C(=O)OCCC[SiH3])C(OCCCC)OCCCC.C=CC(=O)O.CC(C)O[CH]OC(C)C. The first-order chi connectivity index (χ1) is 16.1. The van der Waals surface area contributed by atoms with Crippen LogP contribution >= 0.6 is 0 Å². The Balaban J connectivity index is -0.000000563. The minimum absolute atomic E-state index is 0.212. The summed E-state index contributed by atoms with van der Waals surface area (Å²) in [6.45, 7) is 21.7. The van der Waals surface area contributed by atoms with Crippen molar-refractivity contribution in [3.63, 3.8) is 0 Å². The molecule has 0 heterocycles. The molecule has 0 aliphatic carbocycles. The van der Waals surface area contributed by atoms with Gasteiger partial charge in [-0.1, -0.05) is 45.9 Å². The van der Waals surface area contributed by atoms with Gasteiger partial charge in [0.15, 0.2) is 6.29 Å². The summed E-state index contributed by atoms with van der Waals surface area (Å²) in [5, 5.41) is 7.60. The smallest absolute Gasteiger partial charge is 0.338 e. The summed E-state index contributed by atoms with van der Waals surface area (Å²) in [7, 11) is 1.13. The number of esters is 1. The number of aliphatic carboxylic acids is 1. The first-order valence-electron chi connectivity index (χ1n) is 12.1. The van der Waals surface area contributed by atoms with Crippen molar-refractivity contribution in [3.05, 3.63) is 31.6 Å². The number of carboxylic acid groups (broad SMARTS) is 1. The van der Waals surface area contributed by atoms with E-state index in [-0.39, 0.29) is 17.8 Å². The molecule has 0 aromatic carbocycles. The highest BCUT2D eigenvalue weighted by molar-refractivity contribution is 6.08. The Labute approximate surface area is 210 Å². The lowest BCUT2D eigenvalue weighted by atomic mass is 10.3. The van der Waals surface area contributed by atoms with Gasteiger partial charge in [-0.2, -0.15) is 0 Å². The second-order valence-electron chi connectivity index (χ2n) is 7.80. The highest BCUT2D eigenvalue weighted by Gasteiger charge is 2.21. The number of hydrogen-bond acceptors (Lipinski definition) is 7. The summed E-state index contributed by atoms with van der Waals surface area (Å²) in [4.78, 5) is 21.1. The molecule has 0 amide bonds. The van der Waals surface area contributed by atoms with E-state index in [2.05, 4.69) is 27.0 Å². The number of carboxylic acids is 1. The number of carbonyl (C=O) groups is 2.